The molecular weight excluding hydrogens is 456 g/mol. The van der Waals surface area contributed by atoms with E-state index in [2.05, 4.69) is 19.7 Å². The molecule has 1 aromatic heterocycles. The Morgan fingerprint density at radius 3 is 2.49 bits per heavy atom. The van der Waals surface area contributed by atoms with Crippen LogP contribution in [0.5, 0.6) is 11.5 Å². The second kappa shape index (κ2) is 8.30. The molecule has 2 aliphatic heterocycles. The van der Waals surface area contributed by atoms with Crippen LogP contribution in [-0.4, -0.2) is 46.0 Å². The van der Waals surface area contributed by atoms with Gasteiger partial charge in [-0.2, -0.15) is 8.78 Å². The molecule has 2 N–H and O–H groups in total. The minimum absolute atomic E-state index is 0.0719. The van der Waals surface area contributed by atoms with Gasteiger partial charge < -0.3 is 15.2 Å². The van der Waals surface area contributed by atoms with E-state index < -0.39 is 17.8 Å². The molecule has 35 heavy (non-hydrogen) atoms. The third-order valence-electron chi connectivity index (χ3n) is 6.34. The van der Waals surface area contributed by atoms with E-state index in [1.54, 1.807) is 31.6 Å². The smallest absolute Gasteiger partial charge is 0.387 e. The molecule has 5 rings (SSSR count). The van der Waals surface area contributed by atoms with Crippen molar-refractivity contribution in [3.8, 4) is 22.6 Å². The first kappa shape index (κ1) is 22.7. The molecule has 2 aliphatic rings. The maximum absolute atomic E-state index is 13.6. The van der Waals surface area contributed by atoms with E-state index in [0.29, 0.717) is 17.7 Å². The highest BCUT2D eigenvalue weighted by atomic mass is 19.3. The standard InChI is InChI=1S/C25H23F2N5O3/c1-24(10-15-3-6-18(7-4-15)34-22(26)27)13-25(21(33)32(2)23(28)31-25)19-9-16(5-8-20(19)35-24)17-11-29-14-30-12-17/h3-9,11-12,14,22H,10,13H2,1-2H3,(H2,28,31)/t24-,25?/m1/s1. The molecule has 8 nitrogen and oxygen atoms in total. The van der Waals surface area contributed by atoms with E-state index in [1.165, 1.54) is 23.4 Å². The number of ether oxygens (including phenoxy) is 2. The summed E-state index contributed by atoms with van der Waals surface area (Å²) < 4.78 is 35.9. The molecule has 0 bridgehead atoms. The predicted octanol–water partition coefficient (Wildman–Crippen LogP) is 3.51. The van der Waals surface area contributed by atoms with Crippen LogP contribution < -0.4 is 15.2 Å². The lowest BCUT2D eigenvalue weighted by molar-refractivity contribution is -0.133. The number of nitrogens with zero attached hydrogens (tertiary/aromatic N) is 4. The largest absolute Gasteiger partial charge is 0.487 e. The van der Waals surface area contributed by atoms with E-state index in [1.807, 2.05) is 25.1 Å². The van der Waals surface area contributed by atoms with Gasteiger partial charge in [0.1, 0.15) is 23.4 Å². The van der Waals surface area contributed by atoms with Gasteiger partial charge in [0.15, 0.2) is 11.5 Å². The van der Waals surface area contributed by atoms with Gasteiger partial charge in [-0.15, -0.1) is 0 Å². The first-order valence-corrected chi connectivity index (χ1v) is 11.0. The van der Waals surface area contributed by atoms with E-state index in [0.717, 1.165) is 16.7 Å². The highest BCUT2D eigenvalue weighted by Gasteiger charge is 2.56. The number of rotatable bonds is 5. The Morgan fingerprint density at radius 2 is 1.86 bits per heavy atom. The van der Waals surface area contributed by atoms with Crippen LogP contribution in [0, 0.1) is 0 Å². The van der Waals surface area contributed by atoms with Gasteiger partial charge in [-0.05, 0) is 42.3 Å². The van der Waals surface area contributed by atoms with Crippen LogP contribution in [0.2, 0.25) is 0 Å². The number of guanidine groups is 1. The van der Waals surface area contributed by atoms with Crippen molar-refractivity contribution in [2.45, 2.75) is 37.5 Å². The SMILES string of the molecule is CN1C(=O)C2(C[C@@](C)(Cc3ccc(OC(F)F)cc3)Oc3ccc(-c4cncnc4)cc32)N=C1N. The minimum Gasteiger partial charge on any atom is -0.487 e. The zero-order chi connectivity index (χ0) is 24.8. The molecule has 0 radical (unpaired) electrons. The first-order valence-electron chi connectivity index (χ1n) is 11.0. The van der Waals surface area contributed by atoms with Crippen LogP contribution in [0.15, 0.2) is 66.2 Å². The van der Waals surface area contributed by atoms with E-state index in [4.69, 9.17) is 10.5 Å². The Balaban J connectivity index is 1.54. The topological polar surface area (TPSA) is 103 Å². The lowest BCUT2D eigenvalue weighted by atomic mass is 9.74. The maximum Gasteiger partial charge on any atom is 0.387 e. The van der Waals surface area contributed by atoms with Crippen molar-refractivity contribution in [2.24, 2.45) is 10.7 Å². The van der Waals surface area contributed by atoms with Gasteiger partial charge in [-0.3, -0.25) is 9.69 Å². The van der Waals surface area contributed by atoms with Crippen LogP contribution >= 0.6 is 0 Å². The normalized spacial score (nSPS) is 23.3. The molecule has 10 heteroatoms. The van der Waals surface area contributed by atoms with Crippen LogP contribution in [0.3, 0.4) is 0 Å². The Morgan fingerprint density at radius 1 is 1.14 bits per heavy atom. The summed E-state index contributed by atoms with van der Waals surface area (Å²) in [5.74, 6) is 0.486. The fourth-order valence-corrected chi connectivity index (χ4v) is 4.82. The van der Waals surface area contributed by atoms with Crippen LogP contribution in [0.25, 0.3) is 11.1 Å². The number of nitrogens with two attached hydrogens (primary N) is 1. The third-order valence-corrected chi connectivity index (χ3v) is 6.34. The summed E-state index contributed by atoms with van der Waals surface area (Å²) in [7, 11) is 1.60. The Hall–Kier alpha value is -4.08. The van der Waals surface area contributed by atoms with Gasteiger partial charge >= 0.3 is 6.61 Å². The van der Waals surface area contributed by atoms with Crippen LogP contribution in [-0.2, 0) is 16.8 Å². The van der Waals surface area contributed by atoms with E-state index in [-0.39, 0.29) is 24.0 Å². The number of aliphatic imine (C=N–C) groups is 1. The van der Waals surface area contributed by atoms with Crippen molar-refractivity contribution in [1.82, 2.24) is 14.9 Å². The predicted molar refractivity (Wildman–Crippen MR) is 124 cm³/mol. The number of hydrogen-bond acceptors (Lipinski definition) is 7. The molecule has 2 atom stereocenters. The second-order valence-corrected chi connectivity index (χ2v) is 8.96. The van der Waals surface area contributed by atoms with Crippen molar-refractivity contribution >= 4 is 11.9 Å². The summed E-state index contributed by atoms with van der Waals surface area (Å²) >= 11 is 0. The Kier molecular flexibility index (Phi) is 5.38. The molecule has 1 unspecified atom stereocenters. The number of halogens is 2. The Bertz CT molecular complexity index is 1300. The number of carbonyl (C=O) groups is 1. The van der Waals surface area contributed by atoms with Crippen LogP contribution in [0.4, 0.5) is 8.78 Å². The average molecular weight is 479 g/mol. The molecular formula is C25H23F2N5O3. The summed E-state index contributed by atoms with van der Waals surface area (Å²) in [6, 6.07) is 11.9. The van der Waals surface area contributed by atoms with Gasteiger partial charge in [0.25, 0.3) is 5.91 Å². The number of benzene rings is 2. The molecule has 1 amide bonds. The Labute approximate surface area is 200 Å². The van der Waals surface area contributed by atoms with Crippen LogP contribution in [0.1, 0.15) is 24.5 Å². The summed E-state index contributed by atoms with van der Waals surface area (Å²) in [6.45, 7) is -0.991. The zero-order valence-corrected chi connectivity index (χ0v) is 19.1. The van der Waals surface area contributed by atoms with Crippen molar-refractivity contribution in [1.29, 1.82) is 0 Å². The average Bonchev–Trinajstić information content (AvgIpc) is 3.04. The summed E-state index contributed by atoms with van der Waals surface area (Å²) in [6.07, 6.45) is 5.48. The third kappa shape index (κ3) is 4.05. The monoisotopic (exact) mass is 479 g/mol. The molecule has 0 aliphatic carbocycles. The minimum atomic E-state index is -2.89. The van der Waals surface area contributed by atoms with Crippen molar-refractivity contribution in [3.63, 3.8) is 0 Å². The first-order chi connectivity index (χ1) is 16.7. The number of carbonyl (C=O) groups excluding carboxylic acids is 1. The zero-order valence-electron chi connectivity index (χ0n) is 19.1. The number of fused-ring (bicyclic) bond motifs is 2. The number of alkyl halides is 2. The molecule has 0 saturated carbocycles. The van der Waals surface area contributed by atoms with Crippen molar-refractivity contribution in [3.05, 3.63) is 72.3 Å². The summed E-state index contributed by atoms with van der Waals surface area (Å²) in [5.41, 5.74) is 7.07. The molecule has 0 saturated heterocycles. The molecule has 2 aromatic carbocycles. The van der Waals surface area contributed by atoms with Crippen molar-refractivity contribution < 1.29 is 23.0 Å². The maximum atomic E-state index is 13.6. The molecule has 180 valence electrons. The van der Waals surface area contributed by atoms with Gasteiger partial charge in [0, 0.05) is 43.4 Å². The summed E-state index contributed by atoms with van der Waals surface area (Å²) in [4.78, 5) is 27.7. The second-order valence-electron chi connectivity index (χ2n) is 8.96. The van der Waals surface area contributed by atoms with Gasteiger partial charge in [-0.1, -0.05) is 18.2 Å². The summed E-state index contributed by atoms with van der Waals surface area (Å²) in [5, 5.41) is 0. The highest BCUT2D eigenvalue weighted by Crippen LogP contribution is 2.50. The molecule has 3 aromatic rings. The van der Waals surface area contributed by atoms with Crippen molar-refractivity contribution in [2.75, 3.05) is 7.05 Å². The lowest BCUT2D eigenvalue weighted by Crippen LogP contribution is -2.51. The van der Waals surface area contributed by atoms with E-state index in [9.17, 15) is 13.6 Å². The number of amides is 1. The quantitative estimate of drug-likeness (QED) is 0.601. The molecule has 0 fully saturated rings. The number of likely N-dealkylation sites (N-methyl/N-ethyl adjacent to an activating group) is 1. The highest BCUT2D eigenvalue weighted by molar-refractivity contribution is 6.07. The van der Waals surface area contributed by atoms with E-state index >= 15 is 0 Å². The lowest BCUT2D eigenvalue weighted by Gasteiger charge is -2.43. The number of hydrogen-bond donors (Lipinski definition) is 1. The molecule has 3 heterocycles. The fourth-order valence-electron chi connectivity index (χ4n) is 4.82. The number of aromatic nitrogens is 2. The fraction of sp³-hybridized carbons (Fsp3) is 0.280. The molecule has 1 spiro atoms. The van der Waals surface area contributed by atoms with Gasteiger partial charge in [0.05, 0.1) is 0 Å². The van der Waals surface area contributed by atoms with Gasteiger partial charge in [0.2, 0.25) is 0 Å². The van der Waals surface area contributed by atoms with Gasteiger partial charge in [-0.25, -0.2) is 15.0 Å².